The van der Waals surface area contributed by atoms with Crippen molar-refractivity contribution in [3.63, 3.8) is 0 Å². The van der Waals surface area contributed by atoms with Crippen LogP contribution in [0.5, 0.6) is 0 Å². The topological polar surface area (TPSA) is 24.9 Å². The highest BCUT2D eigenvalue weighted by Gasteiger charge is 2.35. The van der Waals surface area contributed by atoms with Gasteiger partial charge in [-0.05, 0) is 38.3 Å². The third-order valence-electron chi connectivity index (χ3n) is 4.49. The van der Waals surface area contributed by atoms with E-state index < -0.39 is 0 Å². The first-order chi connectivity index (χ1) is 8.34. The van der Waals surface area contributed by atoms with Gasteiger partial charge in [0.15, 0.2) is 0 Å². The molecule has 3 heteroatoms. The van der Waals surface area contributed by atoms with Crippen molar-refractivity contribution in [1.29, 1.82) is 0 Å². The van der Waals surface area contributed by atoms with Crippen molar-refractivity contribution < 1.29 is 0 Å². The molecule has 17 heavy (non-hydrogen) atoms. The van der Waals surface area contributed by atoms with Gasteiger partial charge in [-0.1, -0.05) is 25.7 Å². The van der Waals surface area contributed by atoms with E-state index in [1.54, 1.807) is 0 Å². The molecule has 2 heterocycles. The average molecular weight is 250 g/mol. The molecule has 1 aliphatic heterocycles. The molecule has 1 aliphatic carbocycles. The first-order valence-corrected chi connectivity index (χ1v) is 7.85. The highest BCUT2D eigenvalue weighted by atomic mass is 32.1. The van der Waals surface area contributed by atoms with Gasteiger partial charge in [0.25, 0.3) is 0 Å². The van der Waals surface area contributed by atoms with Crippen LogP contribution in [0.1, 0.15) is 48.7 Å². The second-order valence-electron chi connectivity index (χ2n) is 5.63. The summed E-state index contributed by atoms with van der Waals surface area (Å²) >= 11 is 1.88. The molecule has 0 spiro atoms. The monoisotopic (exact) mass is 250 g/mol. The van der Waals surface area contributed by atoms with Crippen LogP contribution in [-0.2, 0) is 0 Å². The summed E-state index contributed by atoms with van der Waals surface area (Å²) in [7, 11) is 0. The standard InChI is InChI=1S/C14H22N2S/c1-10-9-17-14(16-10)12-6-7-15-8-13(12)11-4-2-3-5-11/h9,11-13,15H,2-8H2,1H3. The van der Waals surface area contributed by atoms with E-state index in [1.807, 2.05) is 11.3 Å². The number of piperidine rings is 1. The first-order valence-electron chi connectivity index (χ1n) is 6.97. The SMILES string of the molecule is Cc1csc(C2CCNCC2C2CCCC2)n1. The maximum Gasteiger partial charge on any atom is 0.0962 e. The van der Waals surface area contributed by atoms with Gasteiger partial charge in [0.1, 0.15) is 0 Å². The van der Waals surface area contributed by atoms with Crippen LogP contribution in [0.2, 0.25) is 0 Å². The normalized spacial score (nSPS) is 30.9. The fourth-order valence-corrected chi connectivity index (χ4v) is 4.62. The molecule has 3 rings (SSSR count). The van der Waals surface area contributed by atoms with E-state index in [-0.39, 0.29) is 0 Å². The minimum atomic E-state index is 0.734. The lowest BCUT2D eigenvalue weighted by Crippen LogP contribution is -2.38. The zero-order valence-electron chi connectivity index (χ0n) is 10.6. The van der Waals surface area contributed by atoms with Crippen molar-refractivity contribution in [1.82, 2.24) is 10.3 Å². The van der Waals surface area contributed by atoms with Crippen molar-refractivity contribution in [2.45, 2.75) is 44.9 Å². The zero-order valence-corrected chi connectivity index (χ0v) is 11.4. The van der Waals surface area contributed by atoms with Crippen molar-refractivity contribution in [3.05, 3.63) is 16.1 Å². The minimum absolute atomic E-state index is 0.734. The molecular weight excluding hydrogens is 228 g/mol. The molecule has 0 radical (unpaired) electrons. The van der Waals surface area contributed by atoms with Crippen molar-refractivity contribution >= 4 is 11.3 Å². The molecule has 1 saturated carbocycles. The number of aromatic nitrogens is 1. The summed E-state index contributed by atoms with van der Waals surface area (Å²) in [5.41, 5.74) is 1.20. The maximum atomic E-state index is 4.75. The smallest absolute Gasteiger partial charge is 0.0962 e. The largest absolute Gasteiger partial charge is 0.316 e. The van der Waals surface area contributed by atoms with Crippen LogP contribution in [0.25, 0.3) is 0 Å². The van der Waals surface area contributed by atoms with Gasteiger partial charge in [0.2, 0.25) is 0 Å². The summed E-state index contributed by atoms with van der Waals surface area (Å²) in [6.07, 6.45) is 7.09. The average Bonchev–Trinajstić information content (AvgIpc) is 3.00. The van der Waals surface area contributed by atoms with E-state index in [4.69, 9.17) is 4.98 Å². The lowest BCUT2D eigenvalue weighted by Gasteiger charge is -2.35. The van der Waals surface area contributed by atoms with Gasteiger partial charge >= 0.3 is 0 Å². The fourth-order valence-electron chi connectivity index (χ4n) is 3.61. The molecule has 94 valence electrons. The van der Waals surface area contributed by atoms with E-state index >= 15 is 0 Å². The molecule has 2 fully saturated rings. The molecule has 1 aromatic heterocycles. The van der Waals surface area contributed by atoms with Gasteiger partial charge in [-0.25, -0.2) is 4.98 Å². The van der Waals surface area contributed by atoms with Crippen LogP contribution in [0.4, 0.5) is 0 Å². The van der Waals surface area contributed by atoms with Crippen LogP contribution in [-0.4, -0.2) is 18.1 Å². The van der Waals surface area contributed by atoms with Crippen LogP contribution in [0.3, 0.4) is 0 Å². The van der Waals surface area contributed by atoms with Gasteiger partial charge in [-0.2, -0.15) is 0 Å². The molecule has 1 N–H and O–H groups in total. The van der Waals surface area contributed by atoms with E-state index in [9.17, 15) is 0 Å². The summed E-state index contributed by atoms with van der Waals surface area (Å²) in [6, 6.07) is 0. The molecule has 0 aromatic carbocycles. The number of nitrogens with zero attached hydrogens (tertiary/aromatic N) is 1. The highest BCUT2D eigenvalue weighted by molar-refractivity contribution is 7.09. The number of hydrogen-bond acceptors (Lipinski definition) is 3. The van der Waals surface area contributed by atoms with E-state index in [2.05, 4.69) is 17.6 Å². The molecule has 2 unspecified atom stereocenters. The van der Waals surface area contributed by atoms with Crippen molar-refractivity contribution in [2.75, 3.05) is 13.1 Å². The predicted molar refractivity (Wildman–Crippen MR) is 72.5 cm³/mol. The summed E-state index contributed by atoms with van der Waals surface area (Å²) < 4.78 is 0. The predicted octanol–water partition coefficient (Wildman–Crippen LogP) is 3.33. The molecule has 2 nitrogen and oxygen atoms in total. The number of thiazole rings is 1. The molecule has 0 bridgehead atoms. The van der Waals surface area contributed by atoms with Crippen LogP contribution in [0, 0.1) is 18.8 Å². The van der Waals surface area contributed by atoms with Gasteiger partial charge in [-0.3, -0.25) is 0 Å². The molecule has 0 amide bonds. The summed E-state index contributed by atoms with van der Waals surface area (Å²) in [5, 5.41) is 7.21. The Kier molecular flexibility index (Phi) is 3.48. The summed E-state index contributed by atoms with van der Waals surface area (Å²) in [5.74, 6) is 2.53. The summed E-state index contributed by atoms with van der Waals surface area (Å²) in [4.78, 5) is 4.75. The Morgan fingerprint density at radius 3 is 2.82 bits per heavy atom. The Balaban J connectivity index is 1.79. The number of hydrogen-bond donors (Lipinski definition) is 1. The fraction of sp³-hybridized carbons (Fsp3) is 0.786. The lowest BCUT2D eigenvalue weighted by molar-refractivity contribution is 0.230. The zero-order chi connectivity index (χ0) is 11.7. The van der Waals surface area contributed by atoms with Gasteiger partial charge in [0.05, 0.1) is 5.01 Å². The lowest BCUT2D eigenvalue weighted by atomic mass is 9.77. The second-order valence-corrected chi connectivity index (χ2v) is 6.52. The second kappa shape index (κ2) is 5.07. The Morgan fingerprint density at radius 1 is 1.29 bits per heavy atom. The Bertz CT molecular complexity index is 368. The van der Waals surface area contributed by atoms with Gasteiger partial charge in [-0.15, -0.1) is 11.3 Å². The molecule has 2 aliphatic rings. The summed E-state index contributed by atoms with van der Waals surface area (Å²) in [6.45, 7) is 4.51. The quantitative estimate of drug-likeness (QED) is 0.871. The van der Waals surface area contributed by atoms with Crippen LogP contribution < -0.4 is 5.32 Å². The van der Waals surface area contributed by atoms with E-state index in [0.29, 0.717) is 0 Å². The Labute approximate surface area is 108 Å². The molecular formula is C14H22N2S. The van der Waals surface area contributed by atoms with Crippen LogP contribution >= 0.6 is 11.3 Å². The maximum absolute atomic E-state index is 4.75. The molecule has 1 saturated heterocycles. The molecule has 1 aromatic rings. The molecule has 2 atom stereocenters. The van der Waals surface area contributed by atoms with Crippen molar-refractivity contribution in [2.24, 2.45) is 11.8 Å². The van der Waals surface area contributed by atoms with Crippen molar-refractivity contribution in [3.8, 4) is 0 Å². The third kappa shape index (κ3) is 2.41. The van der Waals surface area contributed by atoms with Gasteiger partial charge in [0, 0.05) is 17.0 Å². The van der Waals surface area contributed by atoms with Crippen LogP contribution in [0.15, 0.2) is 5.38 Å². The number of rotatable bonds is 2. The Hall–Kier alpha value is -0.410. The number of nitrogens with one attached hydrogen (secondary N) is 1. The van der Waals surface area contributed by atoms with E-state index in [1.165, 1.54) is 55.9 Å². The van der Waals surface area contributed by atoms with Gasteiger partial charge < -0.3 is 5.32 Å². The van der Waals surface area contributed by atoms with E-state index in [0.717, 1.165) is 17.8 Å². The first kappa shape index (κ1) is 11.7. The third-order valence-corrected chi connectivity index (χ3v) is 5.58. The minimum Gasteiger partial charge on any atom is -0.316 e. The number of aryl methyl sites for hydroxylation is 1. The highest BCUT2D eigenvalue weighted by Crippen LogP contribution is 2.42. The Morgan fingerprint density at radius 2 is 2.12 bits per heavy atom.